The second-order valence-corrected chi connectivity index (χ2v) is 5.81. The molecule has 5 nitrogen and oxygen atoms in total. The van der Waals surface area contributed by atoms with Gasteiger partial charge in [0.2, 0.25) is 11.7 Å². The molecular weight excluding hydrogens is 323 g/mol. The Balaban J connectivity index is 0.00000176. The van der Waals surface area contributed by atoms with Gasteiger partial charge in [-0.2, -0.15) is 4.98 Å². The van der Waals surface area contributed by atoms with E-state index in [1.165, 1.54) is 12.8 Å². The summed E-state index contributed by atoms with van der Waals surface area (Å²) in [5.41, 5.74) is 6.74. The molecule has 0 saturated carbocycles. The SMILES string of the molecule is Cl.NCC1CCCCN1Cc1nc(-c2ccc(Cl)cc2)no1. The van der Waals surface area contributed by atoms with Crippen molar-refractivity contribution in [3.8, 4) is 11.4 Å². The van der Waals surface area contributed by atoms with Crippen LogP contribution in [0.25, 0.3) is 11.4 Å². The van der Waals surface area contributed by atoms with Gasteiger partial charge in [-0.15, -0.1) is 12.4 Å². The zero-order valence-corrected chi connectivity index (χ0v) is 13.8. The topological polar surface area (TPSA) is 68.2 Å². The molecular formula is C15H20Cl2N4O. The summed E-state index contributed by atoms with van der Waals surface area (Å²) in [6, 6.07) is 7.84. The average Bonchev–Trinajstić information content (AvgIpc) is 2.97. The number of benzene rings is 1. The summed E-state index contributed by atoms with van der Waals surface area (Å²) in [5, 5.41) is 4.74. The molecule has 1 fully saturated rings. The molecule has 3 rings (SSSR count). The number of hydrogen-bond acceptors (Lipinski definition) is 5. The molecule has 1 aliphatic heterocycles. The Kier molecular flexibility index (Phi) is 6.20. The molecule has 0 bridgehead atoms. The first-order valence-corrected chi connectivity index (χ1v) is 7.66. The van der Waals surface area contributed by atoms with Crippen LogP contribution in [0.3, 0.4) is 0 Å². The van der Waals surface area contributed by atoms with E-state index >= 15 is 0 Å². The summed E-state index contributed by atoms with van der Waals surface area (Å²) in [4.78, 5) is 6.81. The van der Waals surface area contributed by atoms with Gasteiger partial charge < -0.3 is 10.3 Å². The predicted octanol–water partition coefficient (Wildman–Crippen LogP) is 3.13. The van der Waals surface area contributed by atoms with Gasteiger partial charge in [0.15, 0.2) is 0 Å². The van der Waals surface area contributed by atoms with Gasteiger partial charge in [0, 0.05) is 23.2 Å². The zero-order chi connectivity index (χ0) is 14.7. The van der Waals surface area contributed by atoms with Crippen LogP contribution < -0.4 is 5.73 Å². The van der Waals surface area contributed by atoms with Crippen molar-refractivity contribution in [1.29, 1.82) is 0 Å². The highest BCUT2D eigenvalue weighted by Crippen LogP contribution is 2.21. The van der Waals surface area contributed by atoms with E-state index in [2.05, 4.69) is 15.0 Å². The number of nitrogens with zero attached hydrogens (tertiary/aromatic N) is 3. The van der Waals surface area contributed by atoms with E-state index in [1.54, 1.807) is 0 Å². The van der Waals surface area contributed by atoms with E-state index in [0.717, 1.165) is 18.5 Å². The lowest BCUT2D eigenvalue weighted by Gasteiger charge is -2.33. The lowest BCUT2D eigenvalue weighted by atomic mass is 10.0. The molecule has 0 spiro atoms. The number of nitrogens with two attached hydrogens (primary N) is 1. The van der Waals surface area contributed by atoms with Crippen LogP contribution in [-0.2, 0) is 6.54 Å². The van der Waals surface area contributed by atoms with Crippen LogP contribution in [-0.4, -0.2) is 34.2 Å². The van der Waals surface area contributed by atoms with Crippen LogP contribution in [0.4, 0.5) is 0 Å². The normalized spacial score (nSPS) is 18.9. The summed E-state index contributed by atoms with van der Waals surface area (Å²) in [5.74, 6) is 1.24. The molecule has 1 aromatic carbocycles. The van der Waals surface area contributed by atoms with E-state index in [4.69, 9.17) is 21.9 Å². The first-order chi connectivity index (χ1) is 10.3. The van der Waals surface area contributed by atoms with E-state index in [0.29, 0.717) is 35.9 Å². The van der Waals surface area contributed by atoms with Gasteiger partial charge in [-0.05, 0) is 43.7 Å². The Morgan fingerprint density at radius 3 is 2.77 bits per heavy atom. The Morgan fingerprint density at radius 2 is 2.05 bits per heavy atom. The van der Waals surface area contributed by atoms with Gasteiger partial charge >= 0.3 is 0 Å². The number of rotatable bonds is 4. The van der Waals surface area contributed by atoms with E-state index in [-0.39, 0.29) is 12.4 Å². The Labute approximate surface area is 141 Å². The quantitative estimate of drug-likeness (QED) is 0.924. The highest BCUT2D eigenvalue weighted by Gasteiger charge is 2.23. The van der Waals surface area contributed by atoms with Crippen molar-refractivity contribution >= 4 is 24.0 Å². The van der Waals surface area contributed by atoms with Crippen LogP contribution >= 0.6 is 24.0 Å². The maximum Gasteiger partial charge on any atom is 0.241 e. The maximum atomic E-state index is 5.88. The molecule has 7 heteroatoms. The molecule has 120 valence electrons. The van der Waals surface area contributed by atoms with Gasteiger partial charge in [-0.25, -0.2) is 0 Å². The van der Waals surface area contributed by atoms with Gasteiger partial charge in [-0.3, -0.25) is 4.90 Å². The first kappa shape index (κ1) is 17.2. The standard InChI is InChI=1S/C15H19ClN4O.ClH/c16-12-6-4-11(5-7-12)15-18-14(21-19-15)10-20-8-2-1-3-13(20)9-17;/h4-7,13H,1-3,8-10,17H2;1H. The molecule has 2 N–H and O–H groups in total. The van der Waals surface area contributed by atoms with Crippen molar-refractivity contribution in [3.05, 3.63) is 35.2 Å². The fourth-order valence-electron chi connectivity index (χ4n) is 2.74. The minimum atomic E-state index is 0. The largest absolute Gasteiger partial charge is 0.338 e. The van der Waals surface area contributed by atoms with Crippen LogP contribution in [0.15, 0.2) is 28.8 Å². The minimum Gasteiger partial charge on any atom is -0.338 e. The van der Waals surface area contributed by atoms with Crippen molar-refractivity contribution in [1.82, 2.24) is 15.0 Å². The molecule has 2 aromatic rings. The van der Waals surface area contributed by atoms with Crippen LogP contribution in [0, 0.1) is 0 Å². The molecule has 0 amide bonds. The van der Waals surface area contributed by atoms with Crippen molar-refractivity contribution in [3.63, 3.8) is 0 Å². The predicted molar refractivity (Wildman–Crippen MR) is 89.1 cm³/mol. The fourth-order valence-corrected chi connectivity index (χ4v) is 2.87. The number of hydrogen-bond donors (Lipinski definition) is 1. The van der Waals surface area contributed by atoms with Gasteiger partial charge in [-0.1, -0.05) is 23.2 Å². The number of piperidine rings is 1. The van der Waals surface area contributed by atoms with Crippen molar-refractivity contribution in [2.75, 3.05) is 13.1 Å². The molecule has 0 aliphatic carbocycles. The van der Waals surface area contributed by atoms with Crippen LogP contribution in [0.2, 0.25) is 5.02 Å². The highest BCUT2D eigenvalue weighted by atomic mass is 35.5. The molecule has 22 heavy (non-hydrogen) atoms. The first-order valence-electron chi connectivity index (χ1n) is 7.29. The molecule has 1 aromatic heterocycles. The highest BCUT2D eigenvalue weighted by molar-refractivity contribution is 6.30. The number of halogens is 2. The molecule has 1 atom stereocenters. The lowest BCUT2D eigenvalue weighted by molar-refractivity contribution is 0.128. The van der Waals surface area contributed by atoms with Gasteiger partial charge in [0.1, 0.15) is 0 Å². The monoisotopic (exact) mass is 342 g/mol. The average molecular weight is 343 g/mol. The molecule has 2 heterocycles. The summed E-state index contributed by atoms with van der Waals surface area (Å²) < 4.78 is 5.37. The summed E-state index contributed by atoms with van der Waals surface area (Å²) in [7, 11) is 0. The summed E-state index contributed by atoms with van der Waals surface area (Å²) in [6.45, 7) is 2.39. The fraction of sp³-hybridized carbons (Fsp3) is 0.467. The summed E-state index contributed by atoms with van der Waals surface area (Å²) in [6.07, 6.45) is 3.60. The van der Waals surface area contributed by atoms with Crippen LogP contribution in [0.5, 0.6) is 0 Å². The molecule has 1 unspecified atom stereocenters. The Hall–Kier alpha value is -1.14. The van der Waals surface area contributed by atoms with Crippen LogP contribution in [0.1, 0.15) is 25.2 Å². The second kappa shape index (κ2) is 7.92. The molecule has 1 aliphatic rings. The third kappa shape index (κ3) is 3.98. The van der Waals surface area contributed by atoms with E-state index < -0.39 is 0 Å². The van der Waals surface area contributed by atoms with Gasteiger partial charge in [0.25, 0.3) is 0 Å². The third-order valence-electron chi connectivity index (χ3n) is 3.93. The Morgan fingerprint density at radius 1 is 1.27 bits per heavy atom. The van der Waals surface area contributed by atoms with Crippen molar-refractivity contribution in [2.24, 2.45) is 5.73 Å². The molecule has 1 saturated heterocycles. The number of likely N-dealkylation sites (tertiary alicyclic amines) is 1. The van der Waals surface area contributed by atoms with Gasteiger partial charge in [0.05, 0.1) is 6.54 Å². The molecule has 0 radical (unpaired) electrons. The van der Waals surface area contributed by atoms with E-state index in [9.17, 15) is 0 Å². The lowest BCUT2D eigenvalue weighted by Crippen LogP contribution is -2.43. The smallest absolute Gasteiger partial charge is 0.241 e. The van der Waals surface area contributed by atoms with Crippen molar-refractivity contribution < 1.29 is 4.52 Å². The Bertz CT molecular complexity index is 587. The van der Waals surface area contributed by atoms with E-state index in [1.807, 2.05) is 24.3 Å². The third-order valence-corrected chi connectivity index (χ3v) is 4.18. The minimum absolute atomic E-state index is 0. The summed E-state index contributed by atoms with van der Waals surface area (Å²) >= 11 is 5.88. The number of aromatic nitrogens is 2. The van der Waals surface area contributed by atoms with Crippen molar-refractivity contribution in [2.45, 2.75) is 31.8 Å². The maximum absolute atomic E-state index is 5.88. The zero-order valence-electron chi connectivity index (χ0n) is 12.2. The second-order valence-electron chi connectivity index (χ2n) is 5.37.